The van der Waals surface area contributed by atoms with E-state index in [0.717, 1.165) is 44.1 Å². The maximum Gasteiger partial charge on any atom is 0.408 e. The zero-order valence-electron chi connectivity index (χ0n) is 30.7. The van der Waals surface area contributed by atoms with Crippen LogP contribution >= 0.6 is 11.3 Å². The number of amides is 5. The van der Waals surface area contributed by atoms with E-state index in [2.05, 4.69) is 20.3 Å². The van der Waals surface area contributed by atoms with Crippen LogP contribution in [0.1, 0.15) is 87.5 Å². The van der Waals surface area contributed by atoms with Crippen LogP contribution in [-0.4, -0.2) is 102 Å². The van der Waals surface area contributed by atoms with Gasteiger partial charge in [-0.15, -0.1) is 0 Å². The zero-order valence-corrected chi connectivity index (χ0v) is 32.3. The Morgan fingerprint density at radius 2 is 1.76 bits per heavy atom. The van der Waals surface area contributed by atoms with Gasteiger partial charge in [-0.1, -0.05) is 31.1 Å². The van der Waals surface area contributed by atoms with E-state index in [1.165, 1.54) is 16.2 Å². The lowest BCUT2D eigenvalue weighted by atomic mass is 9.93. The monoisotopic (exact) mass is 792 g/mol. The Labute approximate surface area is 324 Å². The van der Waals surface area contributed by atoms with Gasteiger partial charge >= 0.3 is 6.09 Å². The number of carbonyl (C=O) groups excluding carboxylic acids is 5. The van der Waals surface area contributed by atoms with Crippen LogP contribution in [0.2, 0.25) is 0 Å². The number of thiophene rings is 1. The summed E-state index contributed by atoms with van der Waals surface area (Å²) in [5.74, 6) is -3.28. The molecule has 5 fully saturated rings. The van der Waals surface area contributed by atoms with Gasteiger partial charge in [0.15, 0.2) is 0 Å². The Hall–Kier alpha value is -4.31. The number of sulfonamides is 1. The molecule has 2 aromatic heterocycles. The van der Waals surface area contributed by atoms with Crippen molar-refractivity contribution in [3.8, 4) is 11.3 Å². The number of nitrogens with one attached hydrogen (secondary N) is 3. The number of hydrogen-bond donors (Lipinski definition) is 3. The lowest BCUT2D eigenvalue weighted by Gasteiger charge is -2.33. The van der Waals surface area contributed by atoms with Crippen LogP contribution < -0.4 is 15.4 Å². The molecule has 0 bridgehead atoms. The van der Waals surface area contributed by atoms with Crippen LogP contribution in [0.3, 0.4) is 0 Å². The summed E-state index contributed by atoms with van der Waals surface area (Å²) in [6.45, 7) is 0.595. The molecule has 5 amide bonds. The first-order valence-corrected chi connectivity index (χ1v) is 22.1. The van der Waals surface area contributed by atoms with Crippen molar-refractivity contribution in [2.45, 2.75) is 106 Å². The molecule has 2 saturated heterocycles. The SMILES string of the molecule is O=C(N[C@H]1CCCCC/C=C\[C@@H]2C[C@@]2(C(=O)NS(=O)(=O)C2CC2)NC(=O)[C@@H]2[C@H]3CN(C(=O)c4cccc(-c5ccsc5)n4)C[C@H]3CN2C1=O)OC1CCCC1. The van der Waals surface area contributed by atoms with Gasteiger partial charge in [0.05, 0.1) is 10.9 Å². The zero-order chi connectivity index (χ0) is 38.3. The first-order valence-electron chi connectivity index (χ1n) is 19.6. The van der Waals surface area contributed by atoms with Crippen molar-refractivity contribution in [1.82, 2.24) is 30.1 Å². The molecular formula is C39H48N6O8S2. The number of nitrogens with zero attached hydrogens (tertiary/aromatic N) is 3. The number of fused-ring (bicyclic) bond motifs is 4. The highest BCUT2D eigenvalue weighted by molar-refractivity contribution is 7.91. The maximum absolute atomic E-state index is 14.7. The molecule has 294 valence electrons. The molecule has 0 radical (unpaired) electrons. The van der Waals surface area contributed by atoms with Gasteiger partial charge in [0.2, 0.25) is 21.8 Å². The fourth-order valence-corrected chi connectivity index (χ4v) is 10.9. The van der Waals surface area contributed by atoms with E-state index < -0.39 is 68.5 Å². The van der Waals surface area contributed by atoms with Crippen molar-refractivity contribution < 1.29 is 37.1 Å². The van der Waals surface area contributed by atoms with Crippen molar-refractivity contribution in [3.05, 3.63) is 52.9 Å². The lowest BCUT2D eigenvalue weighted by molar-refractivity contribution is -0.142. The molecule has 55 heavy (non-hydrogen) atoms. The van der Waals surface area contributed by atoms with Crippen LogP contribution in [0.25, 0.3) is 11.3 Å². The molecule has 3 N–H and O–H groups in total. The third-order valence-corrected chi connectivity index (χ3v) is 14.7. The minimum Gasteiger partial charge on any atom is -0.446 e. The highest BCUT2D eigenvalue weighted by atomic mass is 32.2. The van der Waals surface area contributed by atoms with Crippen molar-refractivity contribution in [1.29, 1.82) is 0 Å². The van der Waals surface area contributed by atoms with Gasteiger partial charge in [-0.3, -0.25) is 23.9 Å². The highest BCUT2D eigenvalue weighted by Crippen LogP contribution is 2.47. The molecule has 5 heterocycles. The topological polar surface area (TPSA) is 184 Å². The van der Waals surface area contributed by atoms with Crippen LogP contribution in [0.4, 0.5) is 4.79 Å². The highest BCUT2D eigenvalue weighted by Gasteiger charge is 2.63. The maximum atomic E-state index is 14.7. The van der Waals surface area contributed by atoms with Gasteiger partial charge in [-0.2, -0.15) is 11.3 Å². The number of aromatic nitrogens is 1. The molecule has 6 aliphatic rings. The van der Waals surface area contributed by atoms with Gasteiger partial charge in [0.1, 0.15) is 29.4 Å². The largest absolute Gasteiger partial charge is 0.446 e. The number of alkyl carbamates (subject to hydrolysis) is 1. The predicted octanol–water partition coefficient (Wildman–Crippen LogP) is 3.75. The molecule has 8 rings (SSSR count). The number of allylic oxidation sites excluding steroid dienone is 1. The van der Waals surface area contributed by atoms with E-state index in [-0.39, 0.29) is 49.7 Å². The van der Waals surface area contributed by atoms with E-state index in [0.29, 0.717) is 37.8 Å². The first kappa shape index (κ1) is 37.6. The van der Waals surface area contributed by atoms with Crippen LogP contribution in [-0.2, 0) is 29.1 Å². The minimum absolute atomic E-state index is 0.155. The Bertz CT molecular complexity index is 1960. The van der Waals surface area contributed by atoms with Gasteiger partial charge in [-0.05, 0) is 87.8 Å². The average Bonchev–Trinajstić information content (AvgIpc) is 3.79. The van der Waals surface area contributed by atoms with Gasteiger partial charge in [-0.25, -0.2) is 18.2 Å². The summed E-state index contributed by atoms with van der Waals surface area (Å²) in [5.41, 5.74) is 0.347. The third kappa shape index (κ3) is 7.89. The molecule has 14 nitrogen and oxygen atoms in total. The summed E-state index contributed by atoms with van der Waals surface area (Å²) in [6.07, 6.45) is 10.9. The van der Waals surface area contributed by atoms with Crippen molar-refractivity contribution in [3.63, 3.8) is 0 Å². The molecular weight excluding hydrogens is 745 g/mol. The fraction of sp³-hybridized carbons (Fsp3) is 0.590. The molecule has 3 aliphatic heterocycles. The molecule has 16 heteroatoms. The summed E-state index contributed by atoms with van der Waals surface area (Å²) in [6, 6.07) is 5.20. The average molecular weight is 793 g/mol. The van der Waals surface area contributed by atoms with Crippen molar-refractivity contribution in [2.75, 3.05) is 19.6 Å². The summed E-state index contributed by atoms with van der Waals surface area (Å²) in [4.78, 5) is 78.0. The molecule has 3 aliphatic carbocycles. The Morgan fingerprint density at radius 3 is 2.53 bits per heavy atom. The Balaban J connectivity index is 1.07. The number of likely N-dealkylation sites (tertiary alicyclic amines) is 1. The van der Waals surface area contributed by atoms with Gasteiger partial charge < -0.3 is 25.2 Å². The normalized spacial score (nSPS) is 30.6. The van der Waals surface area contributed by atoms with Gasteiger partial charge in [0.25, 0.3) is 11.8 Å². The van der Waals surface area contributed by atoms with Crippen LogP contribution in [0.15, 0.2) is 47.2 Å². The number of rotatable bonds is 7. The smallest absolute Gasteiger partial charge is 0.408 e. The Kier molecular flexibility index (Phi) is 10.5. The molecule has 3 saturated carbocycles. The number of pyridine rings is 1. The second kappa shape index (κ2) is 15.3. The summed E-state index contributed by atoms with van der Waals surface area (Å²) >= 11 is 1.53. The molecule has 6 atom stereocenters. The molecule has 0 spiro atoms. The van der Waals surface area contributed by atoms with E-state index >= 15 is 0 Å². The molecule has 0 unspecified atom stereocenters. The number of hydrogen-bond acceptors (Lipinski definition) is 10. The second-order valence-electron chi connectivity index (χ2n) is 16.0. The van der Waals surface area contributed by atoms with E-state index in [4.69, 9.17) is 4.74 Å². The summed E-state index contributed by atoms with van der Waals surface area (Å²) < 4.78 is 33.7. The summed E-state index contributed by atoms with van der Waals surface area (Å²) in [5, 5.41) is 9.04. The van der Waals surface area contributed by atoms with E-state index in [1.54, 1.807) is 17.0 Å². The second-order valence-corrected chi connectivity index (χ2v) is 18.8. The van der Waals surface area contributed by atoms with Crippen molar-refractivity contribution >= 4 is 51.1 Å². The standard InChI is InChI=1S/C39H48N6O8S2/c46-34-33-29-22-44(35(47)31-14-8-13-30(40-31)24-17-18-54-23-24)20-25(29)21-45(33)36(48)32(41-38(50)53-27-10-6-7-11-27)12-5-3-1-2-4-9-26-19-39(26,42-34)37(49)43-55(51,52)28-15-16-28/h4,8-9,13-14,17-18,23,25-29,32-33H,1-3,5-7,10-12,15-16,19-22H2,(H,41,50)(H,42,46)(H,43,49)/b9-4-/t25-,26+,29-,32-,33-,39+/m0/s1. The quantitative estimate of drug-likeness (QED) is 0.352. The molecule has 0 aromatic carbocycles. The van der Waals surface area contributed by atoms with Crippen molar-refractivity contribution in [2.24, 2.45) is 17.8 Å². The van der Waals surface area contributed by atoms with E-state index in [1.807, 2.05) is 35.0 Å². The predicted molar refractivity (Wildman–Crippen MR) is 203 cm³/mol. The van der Waals surface area contributed by atoms with Gasteiger partial charge in [0, 0.05) is 48.3 Å². The third-order valence-electron chi connectivity index (χ3n) is 12.2. The molecule has 2 aromatic rings. The minimum atomic E-state index is -3.90. The fourth-order valence-electron chi connectivity index (χ4n) is 8.86. The number of carbonyl (C=O) groups is 5. The van der Waals surface area contributed by atoms with Crippen LogP contribution in [0.5, 0.6) is 0 Å². The summed E-state index contributed by atoms with van der Waals surface area (Å²) in [7, 11) is -3.90. The van der Waals surface area contributed by atoms with E-state index in [9.17, 15) is 32.4 Å². The van der Waals surface area contributed by atoms with Crippen LogP contribution in [0, 0.1) is 17.8 Å². The number of ether oxygens (including phenoxy) is 1. The Morgan fingerprint density at radius 1 is 0.964 bits per heavy atom. The first-order chi connectivity index (χ1) is 26.5. The lowest BCUT2D eigenvalue weighted by Crippen LogP contribution is -2.60.